The number of hydrogen-bond acceptors (Lipinski definition) is 3. The predicted octanol–water partition coefficient (Wildman–Crippen LogP) is 3.49. The second-order valence-corrected chi connectivity index (χ2v) is 3.80. The van der Waals surface area contributed by atoms with E-state index >= 15 is 0 Å². The fraction of sp³-hybridized carbons (Fsp3) is 0.333. The van der Waals surface area contributed by atoms with E-state index in [4.69, 9.17) is 16.9 Å². The Labute approximate surface area is 112 Å². The van der Waals surface area contributed by atoms with Crippen LogP contribution in [0.3, 0.4) is 0 Å². The normalized spacial score (nSPS) is 10.9. The number of hydrogen-bond donors (Lipinski definition) is 0. The molecule has 0 aliphatic heterocycles. The average Bonchev–Trinajstić information content (AvgIpc) is 2.36. The molecule has 19 heavy (non-hydrogen) atoms. The summed E-state index contributed by atoms with van der Waals surface area (Å²) >= 11 is 5.48. The number of halogens is 4. The second kappa shape index (κ2) is 5.93. The minimum absolute atomic E-state index is 0.0851. The standard InChI is InChI=1S/C12H9ClF3NO2/c1-2-19-11(18)10-8(6-17)3-7(5-13)4-9(10)12(14,15)16/h3-4H,2,5H2,1H3. The van der Waals surface area contributed by atoms with Gasteiger partial charge in [0.15, 0.2) is 0 Å². The van der Waals surface area contributed by atoms with Gasteiger partial charge in [-0.15, -0.1) is 11.6 Å². The molecule has 0 N–H and O–H groups in total. The second-order valence-electron chi connectivity index (χ2n) is 3.53. The van der Waals surface area contributed by atoms with Gasteiger partial charge in [0.1, 0.15) is 6.07 Å². The van der Waals surface area contributed by atoms with Crippen molar-refractivity contribution >= 4 is 17.6 Å². The van der Waals surface area contributed by atoms with Crippen LogP contribution in [0.15, 0.2) is 12.1 Å². The van der Waals surface area contributed by atoms with Gasteiger partial charge >= 0.3 is 12.1 Å². The van der Waals surface area contributed by atoms with Crippen molar-refractivity contribution in [1.82, 2.24) is 0 Å². The van der Waals surface area contributed by atoms with E-state index in [9.17, 15) is 18.0 Å². The molecule has 0 bridgehead atoms. The number of nitrogens with zero attached hydrogens (tertiary/aromatic N) is 1. The van der Waals surface area contributed by atoms with Crippen molar-refractivity contribution < 1.29 is 22.7 Å². The molecular formula is C12H9ClF3NO2. The van der Waals surface area contributed by atoms with Crippen LogP contribution in [-0.4, -0.2) is 12.6 Å². The van der Waals surface area contributed by atoms with Crippen molar-refractivity contribution in [3.05, 3.63) is 34.4 Å². The molecule has 0 saturated heterocycles. The smallest absolute Gasteiger partial charge is 0.417 e. The lowest BCUT2D eigenvalue weighted by atomic mass is 9.98. The number of nitriles is 1. The maximum absolute atomic E-state index is 12.9. The molecule has 0 aliphatic carbocycles. The molecule has 102 valence electrons. The van der Waals surface area contributed by atoms with Crippen LogP contribution < -0.4 is 0 Å². The predicted molar refractivity (Wildman–Crippen MR) is 61.7 cm³/mol. The lowest BCUT2D eigenvalue weighted by Gasteiger charge is -2.14. The number of carbonyl (C=O) groups excluding carboxylic acids is 1. The Bertz CT molecular complexity index is 535. The molecule has 0 heterocycles. The first-order valence-electron chi connectivity index (χ1n) is 5.22. The Morgan fingerprint density at radius 1 is 1.47 bits per heavy atom. The summed E-state index contributed by atoms with van der Waals surface area (Å²) in [6.07, 6.45) is -4.77. The molecule has 0 saturated carbocycles. The van der Waals surface area contributed by atoms with Gasteiger partial charge in [0.25, 0.3) is 0 Å². The van der Waals surface area contributed by atoms with Crippen molar-refractivity contribution in [3.63, 3.8) is 0 Å². The first-order valence-corrected chi connectivity index (χ1v) is 5.75. The highest BCUT2D eigenvalue weighted by Crippen LogP contribution is 2.35. The van der Waals surface area contributed by atoms with Crippen LogP contribution in [0.2, 0.25) is 0 Å². The Kier molecular flexibility index (Phi) is 4.78. The Hall–Kier alpha value is -1.74. The molecule has 0 atom stereocenters. The number of rotatable bonds is 3. The van der Waals surface area contributed by atoms with E-state index in [1.165, 1.54) is 6.92 Å². The van der Waals surface area contributed by atoms with Gasteiger partial charge in [0, 0.05) is 5.88 Å². The van der Waals surface area contributed by atoms with Crippen molar-refractivity contribution in [2.45, 2.75) is 19.0 Å². The maximum Gasteiger partial charge on any atom is 0.417 e. The molecule has 0 fully saturated rings. The maximum atomic E-state index is 12.9. The molecule has 7 heteroatoms. The minimum Gasteiger partial charge on any atom is -0.462 e. The summed E-state index contributed by atoms with van der Waals surface area (Å²) in [4.78, 5) is 11.6. The first-order chi connectivity index (χ1) is 8.85. The number of benzene rings is 1. The van der Waals surface area contributed by atoms with Crippen molar-refractivity contribution in [2.75, 3.05) is 6.61 Å². The average molecular weight is 292 g/mol. The van der Waals surface area contributed by atoms with Gasteiger partial charge in [-0.1, -0.05) is 0 Å². The fourth-order valence-electron chi connectivity index (χ4n) is 1.51. The van der Waals surface area contributed by atoms with Gasteiger partial charge in [0.05, 0.1) is 23.3 Å². The SMILES string of the molecule is CCOC(=O)c1c(C#N)cc(CCl)cc1C(F)(F)F. The molecule has 0 unspecified atom stereocenters. The number of alkyl halides is 4. The number of carbonyl (C=O) groups is 1. The summed E-state index contributed by atoms with van der Waals surface area (Å²) in [7, 11) is 0. The Morgan fingerprint density at radius 3 is 2.53 bits per heavy atom. The zero-order valence-corrected chi connectivity index (χ0v) is 10.6. The van der Waals surface area contributed by atoms with E-state index in [1.54, 1.807) is 6.07 Å². The highest BCUT2D eigenvalue weighted by atomic mass is 35.5. The summed E-state index contributed by atoms with van der Waals surface area (Å²) in [6, 6.07) is 3.46. The molecule has 3 nitrogen and oxygen atoms in total. The molecule has 0 aromatic heterocycles. The van der Waals surface area contributed by atoms with Crippen LogP contribution in [0, 0.1) is 11.3 Å². The molecule has 0 radical (unpaired) electrons. The Balaban J connectivity index is 3.57. The number of esters is 1. The van der Waals surface area contributed by atoms with Gasteiger partial charge in [-0.2, -0.15) is 18.4 Å². The monoisotopic (exact) mass is 291 g/mol. The molecule has 1 rings (SSSR count). The van der Waals surface area contributed by atoms with Crippen LogP contribution >= 0.6 is 11.6 Å². The van der Waals surface area contributed by atoms with E-state index in [2.05, 4.69) is 4.74 Å². The fourth-order valence-corrected chi connectivity index (χ4v) is 1.67. The largest absolute Gasteiger partial charge is 0.462 e. The third-order valence-corrected chi connectivity index (χ3v) is 2.57. The van der Waals surface area contributed by atoms with Crippen LogP contribution in [0.4, 0.5) is 13.2 Å². The van der Waals surface area contributed by atoms with Gasteiger partial charge in [-0.25, -0.2) is 4.79 Å². The third-order valence-electron chi connectivity index (χ3n) is 2.26. The van der Waals surface area contributed by atoms with Crippen molar-refractivity contribution in [2.24, 2.45) is 0 Å². The van der Waals surface area contributed by atoms with Crippen LogP contribution in [-0.2, 0) is 16.8 Å². The Morgan fingerprint density at radius 2 is 2.11 bits per heavy atom. The lowest BCUT2D eigenvalue weighted by Crippen LogP contribution is -2.17. The zero-order chi connectivity index (χ0) is 14.6. The molecule has 1 aromatic carbocycles. The summed E-state index contributed by atoms with van der Waals surface area (Å²) in [5, 5.41) is 8.88. The molecule has 1 aromatic rings. The summed E-state index contributed by atoms with van der Waals surface area (Å²) in [5.74, 6) is -1.37. The van der Waals surface area contributed by atoms with Crippen LogP contribution in [0.1, 0.15) is 34.0 Å². The lowest BCUT2D eigenvalue weighted by molar-refractivity contribution is -0.138. The molecule has 0 aliphatic rings. The van der Waals surface area contributed by atoms with Gasteiger partial charge in [0.2, 0.25) is 0 Å². The molecule has 0 amide bonds. The highest BCUT2D eigenvalue weighted by Gasteiger charge is 2.37. The van der Waals surface area contributed by atoms with E-state index in [0.29, 0.717) is 0 Å². The third kappa shape index (κ3) is 3.38. The van der Waals surface area contributed by atoms with Gasteiger partial charge < -0.3 is 4.74 Å². The molecule has 0 spiro atoms. The first kappa shape index (κ1) is 15.3. The van der Waals surface area contributed by atoms with E-state index in [1.807, 2.05) is 0 Å². The number of ether oxygens (including phenoxy) is 1. The van der Waals surface area contributed by atoms with Crippen molar-refractivity contribution in [3.8, 4) is 6.07 Å². The highest BCUT2D eigenvalue weighted by molar-refractivity contribution is 6.17. The van der Waals surface area contributed by atoms with Crippen molar-refractivity contribution in [1.29, 1.82) is 5.26 Å². The van der Waals surface area contributed by atoms with Gasteiger partial charge in [-0.05, 0) is 24.6 Å². The van der Waals surface area contributed by atoms with Crippen LogP contribution in [0.5, 0.6) is 0 Å². The topological polar surface area (TPSA) is 50.1 Å². The zero-order valence-electron chi connectivity index (χ0n) is 9.84. The minimum atomic E-state index is -4.77. The van der Waals surface area contributed by atoms with Crippen LogP contribution in [0.25, 0.3) is 0 Å². The summed E-state index contributed by atoms with van der Waals surface area (Å²) in [6.45, 7) is 1.38. The van der Waals surface area contributed by atoms with E-state index in [0.717, 1.165) is 12.1 Å². The summed E-state index contributed by atoms with van der Waals surface area (Å²) < 4.78 is 43.3. The quantitative estimate of drug-likeness (QED) is 0.632. The van der Waals surface area contributed by atoms with E-state index < -0.39 is 28.8 Å². The van der Waals surface area contributed by atoms with Gasteiger partial charge in [-0.3, -0.25) is 0 Å². The van der Waals surface area contributed by atoms with E-state index in [-0.39, 0.29) is 18.1 Å². The summed E-state index contributed by atoms with van der Waals surface area (Å²) in [5.41, 5.74) is -2.27. The molecular weight excluding hydrogens is 283 g/mol.